The Kier molecular flexibility index (Phi) is 4.72. The molecule has 0 radical (unpaired) electrons. The minimum absolute atomic E-state index is 0.0755. The number of hydrogen-bond acceptors (Lipinski definition) is 4. The molecule has 2 aromatic rings. The number of benzene rings is 1. The fourth-order valence-corrected chi connectivity index (χ4v) is 2.85. The zero-order chi connectivity index (χ0) is 16.3. The molecule has 0 aliphatic carbocycles. The van der Waals surface area contributed by atoms with E-state index in [9.17, 15) is 22.0 Å². The van der Waals surface area contributed by atoms with Crippen molar-refractivity contribution >= 4 is 27.5 Å². The zero-order valence-electron chi connectivity index (χ0n) is 10.9. The first kappa shape index (κ1) is 16.3. The molecule has 1 aromatic carbocycles. The van der Waals surface area contributed by atoms with Crippen LogP contribution in [0.25, 0.3) is 0 Å². The van der Waals surface area contributed by atoms with E-state index in [2.05, 4.69) is 4.98 Å². The highest BCUT2D eigenvalue weighted by Gasteiger charge is 2.20. The molecule has 9 heteroatoms. The number of nitrogens with one attached hydrogen (secondary N) is 1. The molecule has 0 saturated carbocycles. The molecule has 1 N–H and O–H groups in total. The van der Waals surface area contributed by atoms with Crippen LogP contribution in [0.5, 0.6) is 0 Å². The van der Waals surface area contributed by atoms with Crippen molar-refractivity contribution < 1.29 is 22.0 Å². The third-order valence-electron chi connectivity index (χ3n) is 2.62. The van der Waals surface area contributed by atoms with Crippen LogP contribution < -0.4 is 4.72 Å². The molecule has 116 valence electrons. The van der Waals surface area contributed by atoms with E-state index in [1.54, 1.807) is 4.72 Å². The molecule has 0 saturated heterocycles. The predicted molar refractivity (Wildman–Crippen MR) is 74.6 cm³/mol. The quantitative estimate of drug-likeness (QED) is 0.919. The molecule has 1 aromatic heterocycles. The Balaban J connectivity index is 2.16. The number of hydrogen-bond donors (Lipinski definition) is 1. The number of pyridine rings is 1. The Morgan fingerprint density at radius 2 is 2.00 bits per heavy atom. The van der Waals surface area contributed by atoms with E-state index in [0.29, 0.717) is 0 Å². The average molecular weight is 347 g/mol. The van der Waals surface area contributed by atoms with Crippen LogP contribution in [-0.4, -0.2) is 19.3 Å². The number of amides is 1. The maximum atomic E-state index is 13.4. The lowest BCUT2D eigenvalue weighted by Gasteiger charge is -2.07. The molecule has 2 rings (SSSR count). The van der Waals surface area contributed by atoms with Gasteiger partial charge in [-0.25, -0.2) is 21.9 Å². The third-order valence-corrected chi connectivity index (χ3v) is 4.17. The van der Waals surface area contributed by atoms with Crippen molar-refractivity contribution in [3.63, 3.8) is 0 Å². The molecule has 0 fully saturated rings. The molecule has 0 unspecified atom stereocenters. The van der Waals surface area contributed by atoms with Crippen molar-refractivity contribution in [2.75, 3.05) is 0 Å². The van der Waals surface area contributed by atoms with Gasteiger partial charge in [0.2, 0.25) is 5.91 Å². The molecular formula is C13H9ClF2N2O3S. The summed E-state index contributed by atoms with van der Waals surface area (Å²) in [4.78, 5) is 15.0. The van der Waals surface area contributed by atoms with Gasteiger partial charge in [0.15, 0.2) is 11.6 Å². The van der Waals surface area contributed by atoms with Crippen LogP contribution in [0, 0.1) is 11.6 Å². The van der Waals surface area contributed by atoms with Gasteiger partial charge in [0.05, 0.1) is 11.4 Å². The summed E-state index contributed by atoms with van der Waals surface area (Å²) in [5.41, 5.74) is -0.253. The smallest absolute Gasteiger partial charge is 0.265 e. The van der Waals surface area contributed by atoms with Crippen molar-refractivity contribution in [2.24, 2.45) is 0 Å². The molecule has 0 atom stereocenters. The summed E-state index contributed by atoms with van der Waals surface area (Å²) in [7, 11) is -4.19. The van der Waals surface area contributed by atoms with E-state index >= 15 is 0 Å². The second-order valence-electron chi connectivity index (χ2n) is 4.26. The van der Waals surface area contributed by atoms with E-state index in [0.717, 1.165) is 18.3 Å². The molecule has 22 heavy (non-hydrogen) atoms. The molecular weight excluding hydrogens is 338 g/mol. The van der Waals surface area contributed by atoms with Crippen molar-refractivity contribution in [1.29, 1.82) is 0 Å². The first-order chi connectivity index (χ1) is 10.3. The first-order valence-corrected chi connectivity index (χ1v) is 7.75. The first-order valence-electron chi connectivity index (χ1n) is 5.88. The lowest BCUT2D eigenvalue weighted by molar-refractivity contribution is -0.118. The zero-order valence-corrected chi connectivity index (χ0v) is 12.5. The van der Waals surface area contributed by atoms with Crippen LogP contribution in [0.4, 0.5) is 8.78 Å². The monoisotopic (exact) mass is 346 g/mol. The number of carbonyl (C=O) groups is 1. The average Bonchev–Trinajstić information content (AvgIpc) is 2.43. The number of carbonyl (C=O) groups excluding carboxylic acids is 1. The summed E-state index contributed by atoms with van der Waals surface area (Å²) in [6.45, 7) is 0. The van der Waals surface area contributed by atoms with Crippen molar-refractivity contribution in [3.05, 3.63) is 58.9 Å². The van der Waals surface area contributed by atoms with E-state index in [1.807, 2.05) is 0 Å². The van der Waals surface area contributed by atoms with Gasteiger partial charge in [-0.3, -0.25) is 9.78 Å². The third kappa shape index (κ3) is 3.77. The van der Waals surface area contributed by atoms with Crippen LogP contribution in [-0.2, 0) is 21.2 Å². The van der Waals surface area contributed by atoms with E-state index in [1.165, 1.54) is 18.3 Å². The highest BCUT2D eigenvalue weighted by atomic mass is 35.5. The summed E-state index contributed by atoms with van der Waals surface area (Å²) in [6.07, 6.45) is 1.60. The van der Waals surface area contributed by atoms with Crippen molar-refractivity contribution in [3.8, 4) is 0 Å². The van der Waals surface area contributed by atoms with Crippen LogP contribution in [0.2, 0.25) is 5.02 Å². The number of halogens is 3. The standard InChI is InChI=1S/C13H9ClF2N2O3S/c14-9-5-10(7-17-6-9)22(20,21)18-12(19)4-8-2-1-3-11(15)13(8)16/h1-3,5-7H,4H2,(H,18,19). The normalized spacial score (nSPS) is 11.2. The van der Waals surface area contributed by atoms with Crippen LogP contribution in [0.1, 0.15) is 5.56 Å². The molecule has 1 amide bonds. The van der Waals surface area contributed by atoms with Gasteiger partial charge in [-0.15, -0.1) is 0 Å². The second-order valence-corrected chi connectivity index (χ2v) is 6.38. The summed E-state index contributed by atoms with van der Waals surface area (Å²) in [6, 6.07) is 4.40. The van der Waals surface area contributed by atoms with Gasteiger partial charge in [0, 0.05) is 18.0 Å². The Bertz CT molecular complexity index is 828. The summed E-state index contributed by atoms with van der Waals surface area (Å²) in [5, 5.41) is 0.0755. The molecule has 0 bridgehead atoms. The Labute approximate surface area is 130 Å². The molecule has 0 aliphatic heterocycles. The van der Waals surface area contributed by atoms with Gasteiger partial charge >= 0.3 is 0 Å². The maximum absolute atomic E-state index is 13.4. The number of rotatable bonds is 4. The van der Waals surface area contributed by atoms with E-state index in [4.69, 9.17) is 11.6 Å². The van der Waals surface area contributed by atoms with Gasteiger partial charge in [-0.2, -0.15) is 0 Å². The van der Waals surface area contributed by atoms with Crippen LogP contribution in [0.3, 0.4) is 0 Å². The fourth-order valence-electron chi connectivity index (χ4n) is 1.64. The lowest BCUT2D eigenvalue weighted by Crippen LogP contribution is -2.32. The molecule has 0 aliphatic rings. The van der Waals surface area contributed by atoms with Crippen molar-refractivity contribution in [1.82, 2.24) is 9.71 Å². The van der Waals surface area contributed by atoms with Gasteiger partial charge in [-0.1, -0.05) is 23.7 Å². The lowest BCUT2D eigenvalue weighted by atomic mass is 10.1. The van der Waals surface area contributed by atoms with E-state index < -0.39 is 34.0 Å². The SMILES string of the molecule is O=C(Cc1cccc(F)c1F)NS(=O)(=O)c1cncc(Cl)c1. The second kappa shape index (κ2) is 6.37. The topological polar surface area (TPSA) is 76.1 Å². The highest BCUT2D eigenvalue weighted by Crippen LogP contribution is 2.15. The Morgan fingerprint density at radius 1 is 1.27 bits per heavy atom. The minimum Gasteiger partial charge on any atom is -0.274 e. The van der Waals surface area contributed by atoms with Gasteiger partial charge in [-0.05, 0) is 12.1 Å². The molecule has 1 heterocycles. The number of nitrogens with zero attached hydrogens (tertiary/aromatic N) is 1. The summed E-state index contributed by atoms with van der Waals surface area (Å²) >= 11 is 5.62. The maximum Gasteiger partial charge on any atom is 0.265 e. The molecule has 5 nitrogen and oxygen atoms in total. The van der Waals surface area contributed by atoms with Crippen LogP contribution >= 0.6 is 11.6 Å². The van der Waals surface area contributed by atoms with Gasteiger partial charge in [0.25, 0.3) is 10.0 Å². The summed E-state index contributed by atoms with van der Waals surface area (Å²) < 4.78 is 52.1. The Hall–Kier alpha value is -2.06. The van der Waals surface area contributed by atoms with Crippen LogP contribution in [0.15, 0.2) is 41.6 Å². The van der Waals surface area contributed by atoms with Gasteiger partial charge < -0.3 is 0 Å². The summed E-state index contributed by atoms with van der Waals surface area (Å²) in [5.74, 6) is -3.32. The van der Waals surface area contributed by atoms with Gasteiger partial charge in [0.1, 0.15) is 4.90 Å². The minimum atomic E-state index is -4.19. The fraction of sp³-hybridized carbons (Fsp3) is 0.0769. The largest absolute Gasteiger partial charge is 0.274 e. The number of aromatic nitrogens is 1. The molecule has 0 spiro atoms. The Morgan fingerprint density at radius 3 is 2.68 bits per heavy atom. The number of sulfonamides is 1. The van der Waals surface area contributed by atoms with Crippen molar-refractivity contribution in [2.45, 2.75) is 11.3 Å². The predicted octanol–water partition coefficient (Wildman–Crippen LogP) is 2.06. The van der Waals surface area contributed by atoms with E-state index in [-0.39, 0.29) is 15.5 Å². The highest BCUT2D eigenvalue weighted by molar-refractivity contribution is 7.90.